The molecule has 1 N–H and O–H groups in total. The second-order valence-electron chi connectivity index (χ2n) is 4.51. The number of carboxylic acids is 1. The quantitative estimate of drug-likeness (QED) is 0.684. The summed E-state index contributed by atoms with van der Waals surface area (Å²) in [5, 5.41) is 23.9. The number of nitrogens with zero attached hydrogens (tertiary/aromatic N) is 3. The van der Waals surface area contributed by atoms with Crippen molar-refractivity contribution in [2.75, 3.05) is 0 Å². The van der Waals surface area contributed by atoms with Crippen LogP contribution in [0.15, 0.2) is 18.2 Å². The molecular formula is C13H13N3O5. The van der Waals surface area contributed by atoms with Gasteiger partial charge in [0.2, 0.25) is 0 Å². The molecule has 0 unspecified atom stereocenters. The Balaban J connectivity index is 2.44. The maximum Gasteiger partial charge on any atom is 0.353 e. The summed E-state index contributed by atoms with van der Waals surface area (Å²) in [6, 6.07) is 4.28. The number of carbonyl (C=O) groups is 1. The highest BCUT2D eigenvalue weighted by Crippen LogP contribution is 2.34. The SMILES string of the molecule is Cc1cc(C(=O)O)ccc1Oc1c([N+](=O)[O-])c(C)nn1C. The van der Waals surface area contributed by atoms with Crippen LogP contribution < -0.4 is 4.74 Å². The van der Waals surface area contributed by atoms with E-state index in [1.807, 2.05) is 0 Å². The van der Waals surface area contributed by atoms with E-state index in [9.17, 15) is 14.9 Å². The van der Waals surface area contributed by atoms with Gasteiger partial charge < -0.3 is 9.84 Å². The predicted molar refractivity (Wildman–Crippen MR) is 72.8 cm³/mol. The van der Waals surface area contributed by atoms with Crippen LogP contribution in [0.1, 0.15) is 21.6 Å². The summed E-state index contributed by atoms with van der Waals surface area (Å²) >= 11 is 0. The highest BCUT2D eigenvalue weighted by molar-refractivity contribution is 5.88. The van der Waals surface area contributed by atoms with Crippen LogP contribution in [0.2, 0.25) is 0 Å². The molecule has 8 nitrogen and oxygen atoms in total. The number of hydrogen-bond acceptors (Lipinski definition) is 5. The lowest BCUT2D eigenvalue weighted by atomic mass is 10.1. The molecule has 0 spiro atoms. The van der Waals surface area contributed by atoms with Crippen molar-refractivity contribution >= 4 is 11.7 Å². The van der Waals surface area contributed by atoms with Crippen LogP contribution in [0.25, 0.3) is 0 Å². The molecular weight excluding hydrogens is 278 g/mol. The molecule has 0 radical (unpaired) electrons. The van der Waals surface area contributed by atoms with Gasteiger partial charge in [-0.2, -0.15) is 5.10 Å². The van der Waals surface area contributed by atoms with Gasteiger partial charge >= 0.3 is 11.7 Å². The van der Waals surface area contributed by atoms with E-state index in [4.69, 9.17) is 9.84 Å². The summed E-state index contributed by atoms with van der Waals surface area (Å²) in [6.45, 7) is 3.18. The van der Waals surface area contributed by atoms with Crippen molar-refractivity contribution in [3.63, 3.8) is 0 Å². The van der Waals surface area contributed by atoms with Crippen LogP contribution >= 0.6 is 0 Å². The minimum absolute atomic E-state index is 0.00340. The van der Waals surface area contributed by atoms with Gasteiger partial charge in [0.15, 0.2) is 0 Å². The number of carboxylic acid groups (broad SMARTS) is 1. The first-order valence-corrected chi connectivity index (χ1v) is 6.01. The van der Waals surface area contributed by atoms with Crippen LogP contribution in [0.4, 0.5) is 5.69 Å². The monoisotopic (exact) mass is 291 g/mol. The fourth-order valence-electron chi connectivity index (χ4n) is 1.95. The zero-order valence-electron chi connectivity index (χ0n) is 11.7. The second-order valence-corrected chi connectivity index (χ2v) is 4.51. The van der Waals surface area contributed by atoms with Gasteiger partial charge in [-0.05, 0) is 37.6 Å². The van der Waals surface area contributed by atoms with E-state index in [0.717, 1.165) is 0 Å². The summed E-state index contributed by atoms with van der Waals surface area (Å²) in [4.78, 5) is 21.4. The topological polar surface area (TPSA) is 107 Å². The second kappa shape index (κ2) is 5.23. The molecule has 0 aliphatic rings. The van der Waals surface area contributed by atoms with Crippen LogP contribution in [0.5, 0.6) is 11.6 Å². The number of benzene rings is 1. The van der Waals surface area contributed by atoms with E-state index in [-0.39, 0.29) is 22.8 Å². The predicted octanol–water partition coefficient (Wildman–Crippen LogP) is 2.44. The van der Waals surface area contributed by atoms with E-state index >= 15 is 0 Å². The van der Waals surface area contributed by atoms with E-state index in [1.165, 1.54) is 36.9 Å². The third-order valence-electron chi connectivity index (χ3n) is 2.95. The molecule has 0 atom stereocenters. The summed E-state index contributed by atoms with van der Waals surface area (Å²) in [6.07, 6.45) is 0. The van der Waals surface area contributed by atoms with E-state index in [2.05, 4.69) is 5.10 Å². The Bertz CT molecular complexity index is 736. The molecule has 0 amide bonds. The van der Waals surface area contributed by atoms with Crippen molar-refractivity contribution < 1.29 is 19.6 Å². The molecule has 2 rings (SSSR count). The first kappa shape index (κ1) is 14.5. The average molecular weight is 291 g/mol. The smallest absolute Gasteiger partial charge is 0.353 e. The maximum absolute atomic E-state index is 11.1. The van der Waals surface area contributed by atoms with Gasteiger partial charge in [0.1, 0.15) is 11.4 Å². The van der Waals surface area contributed by atoms with Gasteiger partial charge in [0.05, 0.1) is 10.5 Å². The number of aromatic carboxylic acids is 1. The molecule has 1 aromatic carbocycles. The van der Waals surface area contributed by atoms with Crippen molar-refractivity contribution in [1.82, 2.24) is 9.78 Å². The third kappa shape index (κ3) is 2.69. The molecule has 110 valence electrons. The van der Waals surface area contributed by atoms with Gasteiger partial charge in [-0.1, -0.05) is 0 Å². The third-order valence-corrected chi connectivity index (χ3v) is 2.95. The zero-order valence-corrected chi connectivity index (χ0v) is 11.7. The van der Waals surface area contributed by atoms with E-state index < -0.39 is 10.9 Å². The lowest BCUT2D eigenvalue weighted by Gasteiger charge is -2.08. The Morgan fingerprint density at radius 3 is 2.62 bits per heavy atom. The Morgan fingerprint density at radius 2 is 2.10 bits per heavy atom. The van der Waals surface area contributed by atoms with Gasteiger partial charge in [0, 0.05) is 7.05 Å². The number of hydrogen-bond donors (Lipinski definition) is 1. The molecule has 1 aromatic heterocycles. The number of nitro groups is 1. The van der Waals surface area contributed by atoms with Gasteiger partial charge in [-0.25, -0.2) is 9.48 Å². The molecule has 0 fully saturated rings. The minimum atomic E-state index is -1.05. The number of ether oxygens (including phenoxy) is 1. The summed E-state index contributed by atoms with van der Waals surface area (Å²) in [5.74, 6) is -0.707. The van der Waals surface area contributed by atoms with Crippen molar-refractivity contribution in [3.8, 4) is 11.6 Å². The first-order valence-electron chi connectivity index (χ1n) is 6.01. The Labute approximate surface area is 119 Å². The molecule has 0 saturated carbocycles. The van der Waals surface area contributed by atoms with Crippen LogP contribution in [-0.2, 0) is 7.05 Å². The Morgan fingerprint density at radius 1 is 1.43 bits per heavy atom. The first-order chi connectivity index (χ1) is 9.81. The molecule has 0 aliphatic heterocycles. The van der Waals surface area contributed by atoms with Crippen molar-refractivity contribution in [1.29, 1.82) is 0 Å². The normalized spacial score (nSPS) is 10.4. The molecule has 2 aromatic rings. The van der Waals surface area contributed by atoms with Crippen molar-refractivity contribution in [3.05, 3.63) is 45.1 Å². The average Bonchev–Trinajstić information content (AvgIpc) is 2.66. The van der Waals surface area contributed by atoms with E-state index in [0.29, 0.717) is 11.3 Å². The maximum atomic E-state index is 11.1. The largest absolute Gasteiger partial charge is 0.478 e. The van der Waals surface area contributed by atoms with Crippen LogP contribution in [0.3, 0.4) is 0 Å². The van der Waals surface area contributed by atoms with Gasteiger partial charge in [-0.15, -0.1) is 0 Å². The number of aromatic nitrogens is 2. The van der Waals surface area contributed by atoms with Crippen molar-refractivity contribution in [2.45, 2.75) is 13.8 Å². The fourth-order valence-corrected chi connectivity index (χ4v) is 1.95. The fraction of sp³-hybridized carbons (Fsp3) is 0.231. The van der Waals surface area contributed by atoms with Crippen molar-refractivity contribution in [2.24, 2.45) is 7.05 Å². The lowest BCUT2D eigenvalue weighted by molar-refractivity contribution is -0.386. The highest BCUT2D eigenvalue weighted by Gasteiger charge is 2.26. The molecule has 0 aliphatic carbocycles. The summed E-state index contributed by atoms with van der Waals surface area (Å²) < 4.78 is 6.83. The van der Waals surface area contributed by atoms with Gasteiger partial charge in [0.25, 0.3) is 5.88 Å². The summed E-state index contributed by atoms with van der Waals surface area (Å²) in [5.41, 5.74) is 0.718. The minimum Gasteiger partial charge on any atom is -0.478 e. The summed E-state index contributed by atoms with van der Waals surface area (Å²) in [7, 11) is 1.54. The van der Waals surface area contributed by atoms with Crippen LogP contribution in [-0.4, -0.2) is 25.8 Å². The molecule has 0 bridgehead atoms. The van der Waals surface area contributed by atoms with Crippen LogP contribution in [0, 0.1) is 24.0 Å². The number of aryl methyl sites for hydroxylation is 3. The molecule has 0 saturated heterocycles. The standard InChI is InChI=1S/C13H13N3O5/c1-7-6-9(13(17)18)4-5-10(7)21-12-11(16(19)20)8(2)14-15(12)3/h4-6H,1-3H3,(H,17,18). The molecule has 1 heterocycles. The highest BCUT2D eigenvalue weighted by atomic mass is 16.6. The number of rotatable bonds is 4. The lowest BCUT2D eigenvalue weighted by Crippen LogP contribution is -2.00. The zero-order chi connectivity index (χ0) is 15.7. The van der Waals surface area contributed by atoms with Gasteiger partial charge in [-0.3, -0.25) is 10.1 Å². The van der Waals surface area contributed by atoms with E-state index in [1.54, 1.807) is 6.92 Å². The molecule has 21 heavy (non-hydrogen) atoms. The molecule has 8 heteroatoms. The Hall–Kier alpha value is -2.90. The Kier molecular flexibility index (Phi) is 3.62.